The SMILES string of the molecule is CNC1CCCN(Cc2ccc(C)c(F)c2)C1.Cl. The minimum atomic E-state index is -0.0929. The molecule has 0 bridgehead atoms. The van der Waals surface area contributed by atoms with Gasteiger partial charge in [-0.1, -0.05) is 12.1 Å². The molecule has 4 heteroatoms. The molecule has 1 aromatic rings. The highest BCUT2D eigenvalue weighted by Gasteiger charge is 2.18. The van der Waals surface area contributed by atoms with Crippen LogP contribution >= 0.6 is 12.4 Å². The van der Waals surface area contributed by atoms with Crippen molar-refractivity contribution in [2.75, 3.05) is 20.1 Å². The predicted molar refractivity (Wildman–Crippen MR) is 75.7 cm³/mol. The molecule has 1 saturated heterocycles. The normalized spacial score (nSPS) is 20.5. The van der Waals surface area contributed by atoms with E-state index in [-0.39, 0.29) is 18.2 Å². The van der Waals surface area contributed by atoms with Gasteiger partial charge in [-0.2, -0.15) is 0 Å². The van der Waals surface area contributed by atoms with Gasteiger partial charge >= 0.3 is 0 Å². The fourth-order valence-corrected chi connectivity index (χ4v) is 2.43. The standard InChI is InChI=1S/C14H21FN2.ClH/c1-11-5-6-12(8-14(11)15)9-17-7-3-4-13(10-17)16-2;/h5-6,8,13,16H,3-4,7,9-10H2,1-2H3;1H. The molecule has 1 atom stereocenters. The van der Waals surface area contributed by atoms with Gasteiger partial charge in [-0.3, -0.25) is 4.90 Å². The maximum atomic E-state index is 13.4. The Morgan fingerprint density at radius 1 is 1.44 bits per heavy atom. The van der Waals surface area contributed by atoms with Crippen LogP contribution in [0.4, 0.5) is 4.39 Å². The highest BCUT2D eigenvalue weighted by Crippen LogP contribution is 2.15. The summed E-state index contributed by atoms with van der Waals surface area (Å²) in [5.74, 6) is -0.0929. The molecule has 1 aliphatic rings. The number of hydrogen-bond acceptors (Lipinski definition) is 2. The Morgan fingerprint density at radius 2 is 2.22 bits per heavy atom. The molecule has 0 spiro atoms. The summed E-state index contributed by atoms with van der Waals surface area (Å²) in [4.78, 5) is 2.40. The van der Waals surface area contributed by atoms with Crippen molar-refractivity contribution in [2.24, 2.45) is 0 Å². The lowest BCUT2D eigenvalue weighted by Gasteiger charge is -2.32. The lowest BCUT2D eigenvalue weighted by Crippen LogP contribution is -2.43. The van der Waals surface area contributed by atoms with Crippen LogP contribution in [0.3, 0.4) is 0 Å². The van der Waals surface area contributed by atoms with E-state index < -0.39 is 0 Å². The summed E-state index contributed by atoms with van der Waals surface area (Å²) in [5, 5.41) is 3.32. The van der Waals surface area contributed by atoms with Gasteiger partial charge in [0.15, 0.2) is 0 Å². The molecule has 0 aromatic heterocycles. The van der Waals surface area contributed by atoms with E-state index in [1.54, 1.807) is 13.0 Å². The van der Waals surface area contributed by atoms with Gasteiger partial charge in [-0.15, -0.1) is 12.4 Å². The molecule has 102 valence electrons. The third-order valence-corrected chi connectivity index (χ3v) is 3.56. The largest absolute Gasteiger partial charge is 0.316 e. The van der Waals surface area contributed by atoms with Crippen molar-refractivity contribution in [1.29, 1.82) is 0 Å². The van der Waals surface area contributed by atoms with Crippen molar-refractivity contribution < 1.29 is 4.39 Å². The topological polar surface area (TPSA) is 15.3 Å². The van der Waals surface area contributed by atoms with E-state index >= 15 is 0 Å². The number of piperidine rings is 1. The Balaban J connectivity index is 0.00000162. The third kappa shape index (κ3) is 3.94. The van der Waals surface area contributed by atoms with Crippen LogP contribution in [0.5, 0.6) is 0 Å². The van der Waals surface area contributed by atoms with Crippen molar-refractivity contribution in [3.05, 3.63) is 35.1 Å². The van der Waals surface area contributed by atoms with Crippen molar-refractivity contribution in [1.82, 2.24) is 10.2 Å². The van der Waals surface area contributed by atoms with E-state index in [9.17, 15) is 4.39 Å². The summed E-state index contributed by atoms with van der Waals surface area (Å²) in [6.07, 6.45) is 2.47. The lowest BCUT2D eigenvalue weighted by molar-refractivity contribution is 0.188. The molecule has 0 saturated carbocycles. The van der Waals surface area contributed by atoms with Crippen LogP contribution in [0, 0.1) is 12.7 Å². The van der Waals surface area contributed by atoms with Gasteiger partial charge < -0.3 is 5.32 Å². The summed E-state index contributed by atoms with van der Waals surface area (Å²) >= 11 is 0. The van der Waals surface area contributed by atoms with E-state index in [0.717, 1.165) is 30.8 Å². The number of rotatable bonds is 3. The average molecular weight is 273 g/mol. The van der Waals surface area contributed by atoms with Gasteiger partial charge in [0.05, 0.1) is 0 Å². The smallest absolute Gasteiger partial charge is 0.126 e. The molecule has 1 aromatic carbocycles. The van der Waals surface area contributed by atoms with E-state index in [1.165, 1.54) is 12.8 Å². The Labute approximate surface area is 115 Å². The average Bonchev–Trinajstić information content (AvgIpc) is 2.34. The number of hydrogen-bond donors (Lipinski definition) is 1. The zero-order valence-corrected chi connectivity index (χ0v) is 11.9. The van der Waals surface area contributed by atoms with E-state index in [2.05, 4.69) is 10.2 Å². The molecule has 1 aliphatic heterocycles. The molecular formula is C14H22ClFN2. The van der Waals surface area contributed by atoms with Crippen LogP contribution in [0.1, 0.15) is 24.0 Å². The predicted octanol–water partition coefficient (Wildman–Crippen LogP) is 2.74. The van der Waals surface area contributed by atoms with E-state index in [4.69, 9.17) is 0 Å². The first-order valence-electron chi connectivity index (χ1n) is 6.33. The first-order chi connectivity index (χ1) is 8.19. The molecule has 2 rings (SSSR count). The molecule has 0 amide bonds. The summed E-state index contributed by atoms with van der Waals surface area (Å²) in [5.41, 5.74) is 1.80. The van der Waals surface area contributed by atoms with Crippen molar-refractivity contribution in [2.45, 2.75) is 32.4 Å². The van der Waals surface area contributed by atoms with E-state index in [0.29, 0.717) is 6.04 Å². The minimum absolute atomic E-state index is 0. The molecule has 1 fully saturated rings. The highest BCUT2D eigenvalue weighted by molar-refractivity contribution is 5.85. The van der Waals surface area contributed by atoms with Gasteiger partial charge in [-0.05, 0) is 50.6 Å². The Kier molecular flexibility index (Phi) is 6.06. The van der Waals surface area contributed by atoms with Crippen molar-refractivity contribution in [3.63, 3.8) is 0 Å². The second-order valence-corrected chi connectivity index (χ2v) is 4.95. The van der Waals surface area contributed by atoms with Gasteiger partial charge in [0.1, 0.15) is 5.82 Å². The fraction of sp³-hybridized carbons (Fsp3) is 0.571. The maximum Gasteiger partial charge on any atom is 0.126 e. The summed E-state index contributed by atoms with van der Waals surface area (Å²) in [7, 11) is 2.01. The maximum absolute atomic E-state index is 13.4. The lowest BCUT2D eigenvalue weighted by atomic mass is 10.0. The van der Waals surface area contributed by atoms with Crippen LogP contribution in [-0.2, 0) is 6.54 Å². The quantitative estimate of drug-likeness (QED) is 0.910. The molecule has 1 N–H and O–H groups in total. The highest BCUT2D eigenvalue weighted by atomic mass is 35.5. The number of likely N-dealkylation sites (N-methyl/N-ethyl adjacent to an activating group) is 1. The Bertz CT molecular complexity index is 384. The van der Waals surface area contributed by atoms with Gasteiger partial charge in [0.2, 0.25) is 0 Å². The zero-order valence-electron chi connectivity index (χ0n) is 11.1. The van der Waals surface area contributed by atoms with Gasteiger partial charge in [0, 0.05) is 19.1 Å². The first kappa shape index (κ1) is 15.4. The molecule has 2 nitrogen and oxygen atoms in total. The van der Waals surface area contributed by atoms with Crippen LogP contribution < -0.4 is 5.32 Å². The fourth-order valence-electron chi connectivity index (χ4n) is 2.43. The second-order valence-electron chi connectivity index (χ2n) is 4.95. The van der Waals surface area contributed by atoms with Gasteiger partial charge in [0.25, 0.3) is 0 Å². The number of likely N-dealkylation sites (tertiary alicyclic amines) is 1. The second kappa shape index (κ2) is 7.07. The molecule has 1 heterocycles. The number of halogens is 2. The number of nitrogens with one attached hydrogen (secondary N) is 1. The molecule has 0 aliphatic carbocycles. The molecular weight excluding hydrogens is 251 g/mol. The number of nitrogens with zero attached hydrogens (tertiary/aromatic N) is 1. The van der Waals surface area contributed by atoms with Crippen LogP contribution in [-0.4, -0.2) is 31.1 Å². The summed E-state index contributed by atoms with van der Waals surface area (Å²) < 4.78 is 13.4. The summed E-state index contributed by atoms with van der Waals surface area (Å²) in [6.45, 7) is 4.84. The third-order valence-electron chi connectivity index (χ3n) is 3.56. The Hall–Kier alpha value is -0.640. The molecule has 0 radical (unpaired) electrons. The number of benzene rings is 1. The number of aryl methyl sites for hydroxylation is 1. The first-order valence-corrected chi connectivity index (χ1v) is 6.33. The van der Waals surface area contributed by atoms with Gasteiger partial charge in [-0.25, -0.2) is 4.39 Å². The van der Waals surface area contributed by atoms with E-state index in [1.807, 2.05) is 19.2 Å². The molecule has 18 heavy (non-hydrogen) atoms. The molecule has 1 unspecified atom stereocenters. The van der Waals surface area contributed by atoms with Crippen molar-refractivity contribution in [3.8, 4) is 0 Å². The van der Waals surface area contributed by atoms with Crippen LogP contribution in [0.25, 0.3) is 0 Å². The minimum Gasteiger partial charge on any atom is -0.316 e. The van der Waals surface area contributed by atoms with Crippen LogP contribution in [0.15, 0.2) is 18.2 Å². The Morgan fingerprint density at radius 3 is 2.89 bits per heavy atom. The van der Waals surface area contributed by atoms with Crippen molar-refractivity contribution >= 4 is 12.4 Å². The van der Waals surface area contributed by atoms with Crippen LogP contribution in [0.2, 0.25) is 0 Å². The monoisotopic (exact) mass is 272 g/mol. The zero-order chi connectivity index (χ0) is 12.3. The summed E-state index contributed by atoms with van der Waals surface area (Å²) in [6, 6.07) is 6.14.